The molecule has 1 aromatic carbocycles. The van der Waals surface area contributed by atoms with Crippen LogP contribution < -0.4 is 10.6 Å². The van der Waals surface area contributed by atoms with Crippen molar-refractivity contribution in [1.29, 1.82) is 0 Å². The van der Waals surface area contributed by atoms with Crippen molar-refractivity contribution >= 4 is 17.7 Å². The van der Waals surface area contributed by atoms with E-state index in [1.165, 1.54) is 0 Å². The van der Waals surface area contributed by atoms with Gasteiger partial charge in [-0.05, 0) is 52.0 Å². The molecule has 144 valence electrons. The first kappa shape index (κ1) is 20.2. The van der Waals surface area contributed by atoms with Gasteiger partial charge >= 0.3 is 12.0 Å². The van der Waals surface area contributed by atoms with Crippen molar-refractivity contribution in [2.45, 2.75) is 45.9 Å². The van der Waals surface area contributed by atoms with Gasteiger partial charge in [0.25, 0.3) is 0 Å². The number of nitrogens with zero attached hydrogens (tertiary/aromatic N) is 1. The Hall–Kier alpha value is -2.12. The molecule has 1 aromatic rings. The molecule has 0 aromatic heterocycles. The maximum absolute atomic E-state index is 12.1. The number of hydrogen-bond donors (Lipinski definition) is 2. The van der Waals surface area contributed by atoms with Crippen molar-refractivity contribution in [3.63, 3.8) is 0 Å². The van der Waals surface area contributed by atoms with Gasteiger partial charge in [0, 0.05) is 31.4 Å². The Labute approximate surface area is 155 Å². The van der Waals surface area contributed by atoms with Crippen LogP contribution in [0.3, 0.4) is 0 Å². The van der Waals surface area contributed by atoms with Gasteiger partial charge in [-0.2, -0.15) is 0 Å². The van der Waals surface area contributed by atoms with Gasteiger partial charge in [0.05, 0.1) is 24.4 Å². The molecule has 7 heteroatoms. The van der Waals surface area contributed by atoms with E-state index in [1.807, 2.05) is 0 Å². The van der Waals surface area contributed by atoms with Gasteiger partial charge in [-0.25, -0.2) is 9.59 Å². The fourth-order valence-corrected chi connectivity index (χ4v) is 3.03. The van der Waals surface area contributed by atoms with Gasteiger partial charge in [-0.3, -0.25) is 4.90 Å². The number of esters is 1. The SMILES string of the molecule is CCOC(=O)c1ccc(NC(=O)NC[C@@H](C)N2C[C@@H](C)O[C@H](C)C2)cc1. The highest BCUT2D eigenvalue weighted by Gasteiger charge is 2.25. The van der Waals surface area contributed by atoms with E-state index >= 15 is 0 Å². The van der Waals surface area contributed by atoms with Gasteiger partial charge < -0.3 is 20.1 Å². The molecular formula is C19H29N3O4. The molecule has 0 radical (unpaired) electrons. The fourth-order valence-electron chi connectivity index (χ4n) is 3.03. The normalized spacial score (nSPS) is 21.7. The summed E-state index contributed by atoms with van der Waals surface area (Å²) < 4.78 is 10.7. The Morgan fingerprint density at radius 3 is 2.42 bits per heavy atom. The summed E-state index contributed by atoms with van der Waals surface area (Å²) in [6.45, 7) is 10.6. The van der Waals surface area contributed by atoms with Crippen LogP contribution in [0.5, 0.6) is 0 Å². The van der Waals surface area contributed by atoms with Crippen LogP contribution in [0, 0.1) is 0 Å². The molecule has 1 aliphatic heterocycles. The standard InChI is InChI=1S/C19H29N3O4/c1-5-25-18(23)16-6-8-17(9-7-16)21-19(24)20-10-13(2)22-11-14(3)26-15(4)12-22/h6-9,13-15H,5,10-12H2,1-4H3,(H2,20,21,24)/t13-,14-,15-/m1/s1. The summed E-state index contributed by atoms with van der Waals surface area (Å²) >= 11 is 0. The van der Waals surface area contributed by atoms with E-state index in [0.717, 1.165) is 13.1 Å². The summed E-state index contributed by atoms with van der Waals surface area (Å²) in [5.74, 6) is -0.369. The number of amides is 2. The molecule has 0 bridgehead atoms. The molecule has 0 aliphatic carbocycles. The minimum absolute atomic E-state index is 0.202. The average Bonchev–Trinajstić information content (AvgIpc) is 2.59. The first-order valence-electron chi connectivity index (χ1n) is 9.10. The zero-order valence-electron chi connectivity index (χ0n) is 16.0. The number of benzene rings is 1. The third-order valence-corrected chi connectivity index (χ3v) is 4.28. The maximum Gasteiger partial charge on any atom is 0.338 e. The van der Waals surface area contributed by atoms with E-state index in [-0.39, 0.29) is 30.3 Å². The number of morpholine rings is 1. The first-order chi connectivity index (χ1) is 12.4. The summed E-state index contributed by atoms with van der Waals surface area (Å²) in [5, 5.41) is 5.66. The zero-order valence-corrected chi connectivity index (χ0v) is 16.0. The lowest BCUT2D eigenvalue weighted by molar-refractivity contribution is -0.0777. The fraction of sp³-hybridized carbons (Fsp3) is 0.579. The van der Waals surface area contributed by atoms with Crippen molar-refractivity contribution in [3.05, 3.63) is 29.8 Å². The Morgan fingerprint density at radius 2 is 1.85 bits per heavy atom. The summed E-state index contributed by atoms with van der Waals surface area (Å²) in [5.41, 5.74) is 1.08. The third kappa shape index (κ3) is 6.00. The molecule has 2 amide bonds. The quantitative estimate of drug-likeness (QED) is 0.759. The lowest BCUT2D eigenvalue weighted by Crippen LogP contribution is -2.52. The molecule has 0 spiro atoms. The Bertz CT molecular complexity index is 595. The average molecular weight is 363 g/mol. The molecule has 0 unspecified atom stereocenters. The van der Waals surface area contributed by atoms with Crippen molar-refractivity contribution in [3.8, 4) is 0 Å². The van der Waals surface area contributed by atoms with Gasteiger partial charge in [0.15, 0.2) is 0 Å². The van der Waals surface area contributed by atoms with Crippen molar-refractivity contribution < 1.29 is 19.1 Å². The number of nitrogens with one attached hydrogen (secondary N) is 2. The first-order valence-corrected chi connectivity index (χ1v) is 9.10. The van der Waals surface area contributed by atoms with Crippen LogP contribution >= 0.6 is 0 Å². The van der Waals surface area contributed by atoms with E-state index in [1.54, 1.807) is 31.2 Å². The lowest BCUT2D eigenvalue weighted by atomic mass is 10.2. The Kier molecular flexibility index (Phi) is 7.41. The number of rotatable bonds is 6. The molecule has 2 rings (SSSR count). The molecule has 26 heavy (non-hydrogen) atoms. The van der Waals surface area contributed by atoms with Crippen LogP contribution in [0.15, 0.2) is 24.3 Å². The summed E-state index contributed by atoms with van der Waals surface area (Å²) in [4.78, 5) is 26.0. The van der Waals surface area contributed by atoms with Gasteiger partial charge in [-0.1, -0.05) is 0 Å². The highest BCUT2D eigenvalue weighted by atomic mass is 16.5. The number of urea groups is 1. The van der Waals surface area contributed by atoms with Crippen LogP contribution in [-0.4, -0.2) is 61.4 Å². The van der Waals surface area contributed by atoms with Crippen molar-refractivity contribution in [2.75, 3.05) is 31.6 Å². The van der Waals surface area contributed by atoms with E-state index in [2.05, 4.69) is 36.3 Å². The van der Waals surface area contributed by atoms with Crippen LogP contribution in [0.1, 0.15) is 38.1 Å². The largest absolute Gasteiger partial charge is 0.462 e. The second kappa shape index (κ2) is 9.54. The number of ether oxygens (including phenoxy) is 2. The number of carbonyl (C=O) groups is 2. The molecule has 1 heterocycles. The summed E-state index contributed by atoms with van der Waals surface area (Å²) in [6.07, 6.45) is 0.404. The minimum Gasteiger partial charge on any atom is -0.462 e. The summed E-state index contributed by atoms with van der Waals surface area (Å²) in [7, 11) is 0. The Morgan fingerprint density at radius 1 is 1.23 bits per heavy atom. The van der Waals surface area contributed by atoms with Crippen LogP contribution in [0.25, 0.3) is 0 Å². The molecular weight excluding hydrogens is 334 g/mol. The molecule has 1 saturated heterocycles. The topological polar surface area (TPSA) is 79.9 Å². The number of carbonyl (C=O) groups excluding carboxylic acids is 2. The maximum atomic E-state index is 12.1. The smallest absolute Gasteiger partial charge is 0.338 e. The molecule has 0 saturated carbocycles. The van der Waals surface area contributed by atoms with Crippen molar-refractivity contribution in [2.24, 2.45) is 0 Å². The van der Waals surface area contributed by atoms with E-state index < -0.39 is 0 Å². The number of hydrogen-bond acceptors (Lipinski definition) is 5. The van der Waals surface area contributed by atoms with Crippen LogP contribution in [-0.2, 0) is 9.47 Å². The highest BCUT2D eigenvalue weighted by Crippen LogP contribution is 2.13. The van der Waals surface area contributed by atoms with Gasteiger partial charge in [0.2, 0.25) is 0 Å². The Balaban J connectivity index is 1.78. The van der Waals surface area contributed by atoms with Gasteiger partial charge in [-0.15, -0.1) is 0 Å². The zero-order chi connectivity index (χ0) is 19.1. The van der Waals surface area contributed by atoms with Crippen LogP contribution in [0.4, 0.5) is 10.5 Å². The van der Waals surface area contributed by atoms with Crippen LogP contribution in [0.2, 0.25) is 0 Å². The van der Waals surface area contributed by atoms with E-state index in [4.69, 9.17) is 9.47 Å². The molecule has 1 aliphatic rings. The lowest BCUT2D eigenvalue weighted by Gasteiger charge is -2.38. The molecule has 1 fully saturated rings. The van der Waals surface area contributed by atoms with E-state index in [0.29, 0.717) is 24.4 Å². The second-order valence-electron chi connectivity index (χ2n) is 6.69. The minimum atomic E-state index is -0.369. The highest BCUT2D eigenvalue weighted by molar-refractivity contribution is 5.92. The molecule has 7 nitrogen and oxygen atoms in total. The number of anilines is 1. The molecule has 2 N–H and O–H groups in total. The van der Waals surface area contributed by atoms with Gasteiger partial charge in [0.1, 0.15) is 0 Å². The predicted octanol–water partition coefficient (Wildman–Crippen LogP) is 2.48. The second-order valence-corrected chi connectivity index (χ2v) is 6.69. The van der Waals surface area contributed by atoms with E-state index in [9.17, 15) is 9.59 Å². The third-order valence-electron chi connectivity index (χ3n) is 4.28. The monoisotopic (exact) mass is 363 g/mol. The van der Waals surface area contributed by atoms with Crippen molar-refractivity contribution in [1.82, 2.24) is 10.2 Å². The predicted molar refractivity (Wildman–Crippen MR) is 100 cm³/mol. The summed E-state index contributed by atoms with van der Waals surface area (Å²) in [6, 6.07) is 6.58. The molecule has 3 atom stereocenters.